The zero-order valence-corrected chi connectivity index (χ0v) is 12.1. The Kier molecular flexibility index (Phi) is 5.82. The molecule has 0 fully saturated rings. The van der Waals surface area contributed by atoms with Gasteiger partial charge < -0.3 is 15.4 Å². The van der Waals surface area contributed by atoms with Gasteiger partial charge in [0.15, 0.2) is 0 Å². The van der Waals surface area contributed by atoms with Crippen LogP contribution >= 0.6 is 0 Å². The number of fused-ring (bicyclic) bond motifs is 1. The number of aromatic amines is 1. The zero-order chi connectivity index (χ0) is 13.5. The number of hydrogen-bond donors (Lipinski definition) is 3. The number of nitrogens with one attached hydrogen (secondary N) is 3. The number of hydrogen-bond acceptors (Lipinski definition) is 4. The maximum atomic E-state index is 5.01. The number of rotatable bonds is 8. The molecule has 0 bridgehead atoms. The van der Waals surface area contributed by atoms with Gasteiger partial charge >= 0.3 is 0 Å². The molecule has 1 aliphatic carbocycles. The van der Waals surface area contributed by atoms with Crippen LogP contribution in [0.5, 0.6) is 0 Å². The summed E-state index contributed by atoms with van der Waals surface area (Å²) in [4.78, 5) is 0. The van der Waals surface area contributed by atoms with Crippen molar-refractivity contribution in [2.45, 2.75) is 45.2 Å². The van der Waals surface area contributed by atoms with Crippen LogP contribution in [-0.4, -0.2) is 43.0 Å². The third-order valence-corrected chi connectivity index (χ3v) is 3.69. The number of nitrogens with zero attached hydrogens (tertiary/aromatic N) is 1. The molecular formula is C14H26N4O. The molecule has 0 spiro atoms. The number of aromatic nitrogens is 2. The maximum Gasteiger partial charge on any atom is 0.0794 e. The molecule has 0 amide bonds. The maximum absolute atomic E-state index is 5.01. The summed E-state index contributed by atoms with van der Waals surface area (Å²) >= 11 is 0. The largest absolute Gasteiger partial charge is 0.383 e. The first-order valence-corrected chi connectivity index (χ1v) is 7.29. The van der Waals surface area contributed by atoms with Gasteiger partial charge in [0.25, 0.3) is 0 Å². The fourth-order valence-corrected chi connectivity index (χ4v) is 2.53. The van der Waals surface area contributed by atoms with Crippen LogP contribution in [0.2, 0.25) is 0 Å². The lowest BCUT2D eigenvalue weighted by Crippen LogP contribution is -2.37. The molecule has 2 rings (SSSR count). The van der Waals surface area contributed by atoms with Gasteiger partial charge in [-0.3, -0.25) is 5.10 Å². The second kappa shape index (κ2) is 7.62. The Hall–Kier alpha value is -0.910. The molecule has 5 nitrogen and oxygen atoms in total. The molecule has 1 unspecified atom stereocenters. The molecule has 19 heavy (non-hydrogen) atoms. The van der Waals surface area contributed by atoms with E-state index in [1.54, 1.807) is 7.11 Å². The minimum Gasteiger partial charge on any atom is -0.383 e. The monoisotopic (exact) mass is 266 g/mol. The van der Waals surface area contributed by atoms with E-state index in [9.17, 15) is 0 Å². The van der Waals surface area contributed by atoms with E-state index < -0.39 is 0 Å². The van der Waals surface area contributed by atoms with Gasteiger partial charge in [0.05, 0.1) is 12.3 Å². The van der Waals surface area contributed by atoms with Crippen molar-refractivity contribution in [3.63, 3.8) is 0 Å². The van der Waals surface area contributed by atoms with Crippen molar-refractivity contribution in [1.82, 2.24) is 20.8 Å². The molecule has 1 aromatic rings. The van der Waals surface area contributed by atoms with Crippen LogP contribution < -0.4 is 10.6 Å². The third-order valence-electron chi connectivity index (χ3n) is 3.69. The zero-order valence-electron chi connectivity index (χ0n) is 12.1. The van der Waals surface area contributed by atoms with Crippen molar-refractivity contribution in [2.24, 2.45) is 0 Å². The average Bonchev–Trinajstić information content (AvgIpc) is 2.85. The van der Waals surface area contributed by atoms with Crippen LogP contribution in [0.25, 0.3) is 0 Å². The van der Waals surface area contributed by atoms with Crippen molar-refractivity contribution in [3.05, 3.63) is 17.0 Å². The minimum atomic E-state index is 0.438. The first-order valence-electron chi connectivity index (χ1n) is 7.29. The van der Waals surface area contributed by atoms with Crippen LogP contribution in [0, 0.1) is 0 Å². The summed E-state index contributed by atoms with van der Waals surface area (Å²) in [6.07, 6.45) is 4.94. The second-order valence-corrected chi connectivity index (χ2v) is 5.31. The second-order valence-electron chi connectivity index (χ2n) is 5.31. The van der Waals surface area contributed by atoms with E-state index in [4.69, 9.17) is 4.74 Å². The van der Waals surface area contributed by atoms with Gasteiger partial charge in [0, 0.05) is 38.5 Å². The molecule has 0 saturated heterocycles. The van der Waals surface area contributed by atoms with Gasteiger partial charge in [-0.15, -0.1) is 0 Å². The summed E-state index contributed by atoms with van der Waals surface area (Å²) in [6, 6.07) is 0.438. The Morgan fingerprint density at radius 1 is 1.37 bits per heavy atom. The van der Waals surface area contributed by atoms with E-state index in [2.05, 4.69) is 27.8 Å². The van der Waals surface area contributed by atoms with Crippen LogP contribution in [0.15, 0.2) is 0 Å². The highest BCUT2D eigenvalue weighted by Crippen LogP contribution is 2.21. The lowest BCUT2D eigenvalue weighted by atomic mass is 9.96. The van der Waals surface area contributed by atoms with Gasteiger partial charge in [-0.2, -0.15) is 5.10 Å². The van der Waals surface area contributed by atoms with E-state index in [0.717, 1.165) is 32.7 Å². The molecule has 108 valence electrons. The molecule has 0 aliphatic heterocycles. The average molecular weight is 266 g/mol. The quantitative estimate of drug-likeness (QED) is 0.614. The molecule has 0 saturated carbocycles. The van der Waals surface area contributed by atoms with Crippen molar-refractivity contribution in [1.29, 1.82) is 0 Å². The third kappa shape index (κ3) is 4.30. The summed E-state index contributed by atoms with van der Waals surface area (Å²) < 4.78 is 5.01. The van der Waals surface area contributed by atoms with Crippen molar-refractivity contribution >= 4 is 0 Å². The van der Waals surface area contributed by atoms with Gasteiger partial charge in [0.1, 0.15) is 0 Å². The fraction of sp³-hybridized carbons (Fsp3) is 0.786. The molecule has 5 heteroatoms. The molecule has 3 N–H and O–H groups in total. The molecular weight excluding hydrogens is 240 g/mol. The smallest absolute Gasteiger partial charge is 0.0794 e. The Balaban J connectivity index is 1.71. The van der Waals surface area contributed by atoms with Gasteiger partial charge in [-0.05, 0) is 38.2 Å². The normalized spacial score (nSPS) is 16.3. The number of methoxy groups -OCH3 is 1. The number of ether oxygens (including phenoxy) is 1. The molecule has 0 aromatic carbocycles. The minimum absolute atomic E-state index is 0.438. The lowest BCUT2D eigenvalue weighted by molar-refractivity contribution is 0.198. The molecule has 1 atom stereocenters. The molecule has 1 heterocycles. The fourth-order valence-electron chi connectivity index (χ4n) is 2.53. The highest BCUT2D eigenvalue weighted by atomic mass is 16.5. The summed E-state index contributed by atoms with van der Waals surface area (Å²) in [7, 11) is 1.73. The van der Waals surface area contributed by atoms with E-state index >= 15 is 0 Å². The van der Waals surface area contributed by atoms with Crippen LogP contribution in [-0.2, 0) is 24.1 Å². The van der Waals surface area contributed by atoms with Crippen molar-refractivity contribution < 1.29 is 4.74 Å². The number of aryl methyl sites for hydroxylation is 1. The standard InChI is InChI=1S/C14H26N4O/c1-11(9-15-7-8-19-2)16-10-14-12-5-3-4-6-13(12)17-18-14/h11,15-16H,3-10H2,1-2H3,(H,17,18). The van der Waals surface area contributed by atoms with Gasteiger partial charge in [0.2, 0.25) is 0 Å². The van der Waals surface area contributed by atoms with Crippen LogP contribution in [0.3, 0.4) is 0 Å². The lowest BCUT2D eigenvalue weighted by Gasteiger charge is -2.15. The van der Waals surface area contributed by atoms with Gasteiger partial charge in [-0.25, -0.2) is 0 Å². The molecule has 1 aliphatic rings. The van der Waals surface area contributed by atoms with Crippen LogP contribution in [0.1, 0.15) is 36.7 Å². The van der Waals surface area contributed by atoms with Crippen LogP contribution in [0.4, 0.5) is 0 Å². The summed E-state index contributed by atoms with van der Waals surface area (Å²) in [6.45, 7) is 5.67. The van der Waals surface area contributed by atoms with E-state index in [1.807, 2.05) is 0 Å². The summed E-state index contributed by atoms with van der Waals surface area (Å²) in [5.74, 6) is 0. The topological polar surface area (TPSA) is 62.0 Å². The summed E-state index contributed by atoms with van der Waals surface area (Å²) in [5, 5.41) is 14.5. The number of H-pyrrole nitrogens is 1. The first kappa shape index (κ1) is 14.5. The molecule has 0 radical (unpaired) electrons. The Morgan fingerprint density at radius 2 is 2.21 bits per heavy atom. The molecule has 1 aromatic heterocycles. The van der Waals surface area contributed by atoms with E-state index in [-0.39, 0.29) is 0 Å². The summed E-state index contributed by atoms with van der Waals surface area (Å²) in [5.41, 5.74) is 4.02. The predicted molar refractivity (Wildman–Crippen MR) is 76.3 cm³/mol. The Morgan fingerprint density at radius 3 is 3.05 bits per heavy atom. The Labute approximate surface area is 115 Å². The van der Waals surface area contributed by atoms with E-state index in [0.29, 0.717) is 6.04 Å². The highest BCUT2D eigenvalue weighted by Gasteiger charge is 2.16. The Bertz CT molecular complexity index is 378. The highest BCUT2D eigenvalue weighted by molar-refractivity contribution is 5.27. The van der Waals surface area contributed by atoms with Crippen molar-refractivity contribution in [3.8, 4) is 0 Å². The SMILES string of the molecule is COCCNCC(C)NCc1n[nH]c2c1CCCC2. The first-order chi connectivity index (χ1) is 9.31. The van der Waals surface area contributed by atoms with E-state index in [1.165, 1.54) is 36.2 Å². The van der Waals surface area contributed by atoms with Gasteiger partial charge in [-0.1, -0.05) is 0 Å². The van der Waals surface area contributed by atoms with Crippen molar-refractivity contribution in [2.75, 3.05) is 26.8 Å². The predicted octanol–water partition coefficient (Wildman–Crippen LogP) is 1.00.